The minimum atomic E-state index is -0.238. The van der Waals surface area contributed by atoms with Gasteiger partial charge in [-0.05, 0) is 53.8 Å². The molecule has 30 heavy (non-hydrogen) atoms. The average Bonchev–Trinajstić information content (AvgIpc) is 3.06. The summed E-state index contributed by atoms with van der Waals surface area (Å²) in [5, 5.41) is 16.6. The van der Waals surface area contributed by atoms with Crippen molar-refractivity contribution < 1.29 is 9.90 Å². The summed E-state index contributed by atoms with van der Waals surface area (Å²) in [7, 11) is 0. The lowest BCUT2D eigenvalue weighted by atomic mass is 10.1. The summed E-state index contributed by atoms with van der Waals surface area (Å²) in [6.45, 7) is 0. The minimum Gasteiger partial charge on any atom is -0.506 e. The Labute approximate surface area is 187 Å². The second kappa shape index (κ2) is 8.85. The maximum absolute atomic E-state index is 13.1. The first kappa shape index (κ1) is 20.4. The van der Waals surface area contributed by atoms with Crippen LogP contribution in [0.15, 0.2) is 92.8 Å². The fourth-order valence-corrected chi connectivity index (χ4v) is 3.84. The summed E-state index contributed by atoms with van der Waals surface area (Å²) in [5.74, 6) is 0.167. The van der Waals surface area contributed by atoms with Crippen molar-refractivity contribution in [3.8, 4) is 5.75 Å². The van der Waals surface area contributed by atoms with Crippen LogP contribution in [0.1, 0.15) is 5.56 Å². The van der Waals surface area contributed by atoms with E-state index in [2.05, 4.69) is 16.6 Å². The Kier molecular flexibility index (Phi) is 6.01. The molecule has 0 unspecified atom stereocenters. The van der Waals surface area contributed by atoms with Gasteiger partial charge in [0.15, 0.2) is 0 Å². The van der Waals surface area contributed by atoms with Crippen LogP contribution in [-0.2, 0) is 4.79 Å². The second-order valence-corrected chi connectivity index (χ2v) is 8.18. The number of aromatic hydroxyl groups is 1. The number of halogens is 2. The van der Waals surface area contributed by atoms with Crippen LogP contribution in [0.25, 0.3) is 6.08 Å². The zero-order chi connectivity index (χ0) is 21.1. The number of rotatable bonds is 5. The number of hydrogen-bond acceptors (Lipinski definition) is 4. The van der Waals surface area contributed by atoms with Crippen molar-refractivity contribution in [2.45, 2.75) is 0 Å². The van der Waals surface area contributed by atoms with Gasteiger partial charge in [0.05, 0.1) is 31.9 Å². The summed E-state index contributed by atoms with van der Waals surface area (Å²) >= 11 is 13.2. The van der Waals surface area contributed by atoms with Gasteiger partial charge in [-0.1, -0.05) is 53.2 Å². The molecule has 1 amide bonds. The van der Waals surface area contributed by atoms with Crippen molar-refractivity contribution in [1.29, 1.82) is 0 Å². The second-order valence-electron chi connectivity index (χ2n) is 6.35. The van der Waals surface area contributed by atoms with Crippen molar-refractivity contribution in [3.05, 3.63) is 98.2 Å². The van der Waals surface area contributed by atoms with Crippen LogP contribution in [0.3, 0.4) is 0 Å². The number of nitrogens with zero attached hydrogens (tertiary/aromatic N) is 2. The highest BCUT2D eigenvalue weighted by Crippen LogP contribution is 2.30. The van der Waals surface area contributed by atoms with Crippen molar-refractivity contribution in [1.82, 2.24) is 0 Å². The number of para-hydroxylation sites is 1. The molecule has 0 bridgehead atoms. The highest BCUT2D eigenvalue weighted by Gasteiger charge is 2.31. The van der Waals surface area contributed by atoms with Crippen LogP contribution in [-0.4, -0.2) is 22.5 Å². The highest BCUT2D eigenvalue weighted by molar-refractivity contribution is 8.03. The van der Waals surface area contributed by atoms with E-state index in [1.165, 1.54) is 22.8 Å². The van der Waals surface area contributed by atoms with E-state index >= 15 is 0 Å². The van der Waals surface area contributed by atoms with Crippen LogP contribution in [0.4, 0.5) is 5.69 Å². The van der Waals surface area contributed by atoms with Crippen molar-refractivity contribution in [2.75, 3.05) is 10.8 Å². The first-order chi connectivity index (χ1) is 14.5. The van der Waals surface area contributed by atoms with E-state index in [0.29, 0.717) is 33.3 Å². The average molecular weight is 453 g/mol. The van der Waals surface area contributed by atoms with E-state index in [0.717, 1.165) is 4.91 Å². The van der Waals surface area contributed by atoms with Gasteiger partial charge in [0.1, 0.15) is 5.75 Å². The normalized spacial score (nSPS) is 16.7. The van der Waals surface area contributed by atoms with Gasteiger partial charge in [-0.3, -0.25) is 4.79 Å². The first-order valence-corrected chi connectivity index (χ1v) is 10.7. The lowest BCUT2D eigenvalue weighted by Gasteiger charge is -2.11. The molecule has 0 fully saturated rings. The molecular formula is C23H14Cl2N2O2S. The molecule has 0 atom stereocenters. The van der Waals surface area contributed by atoms with Crippen molar-refractivity contribution >= 4 is 58.3 Å². The number of carbonyl (C=O) groups excluding carboxylic acids is 1. The number of anilines is 1. The van der Waals surface area contributed by atoms with Crippen LogP contribution >= 0.6 is 35.0 Å². The first-order valence-electron chi connectivity index (χ1n) is 8.91. The zero-order valence-electron chi connectivity index (χ0n) is 15.5. The maximum Gasteiger partial charge on any atom is 0.280 e. The fraction of sp³-hybridized carbons (Fsp3) is 0.0435. The van der Waals surface area contributed by atoms with Gasteiger partial charge >= 0.3 is 0 Å². The molecule has 2 aromatic rings. The lowest BCUT2D eigenvalue weighted by Crippen LogP contribution is -2.21. The van der Waals surface area contributed by atoms with E-state index in [-0.39, 0.29) is 16.7 Å². The summed E-state index contributed by atoms with van der Waals surface area (Å²) in [4.78, 5) is 14.0. The molecule has 148 valence electrons. The molecule has 7 heteroatoms. The van der Waals surface area contributed by atoms with E-state index in [1.807, 2.05) is 36.4 Å². The van der Waals surface area contributed by atoms with Gasteiger partial charge < -0.3 is 5.11 Å². The van der Waals surface area contributed by atoms with E-state index in [9.17, 15) is 9.90 Å². The monoisotopic (exact) mass is 452 g/mol. The SMILES string of the molecule is O=C1/C(=C/c2ccc(Cl)c(O)c2)C(CSC2=C=C=C(Cl)C=C2)=NN1c1ccccc1. The molecule has 4 rings (SSSR count). The number of phenolic OH excluding ortho intramolecular Hbond substituents is 1. The third kappa shape index (κ3) is 4.47. The summed E-state index contributed by atoms with van der Waals surface area (Å²) < 4.78 is 0. The number of allylic oxidation sites excluding steroid dienone is 3. The Morgan fingerprint density at radius 2 is 1.90 bits per heavy atom. The van der Waals surface area contributed by atoms with Crippen molar-refractivity contribution in [2.24, 2.45) is 5.10 Å². The molecule has 4 nitrogen and oxygen atoms in total. The summed E-state index contributed by atoms with van der Waals surface area (Å²) in [5.41, 5.74) is 8.21. The molecule has 1 heterocycles. The van der Waals surface area contributed by atoms with Gasteiger partial charge in [0.2, 0.25) is 0 Å². The number of phenols is 1. The quantitative estimate of drug-likeness (QED) is 0.453. The lowest BCUT2D eigenvalue weighted by molar-refractivity contribution is -0.114. The number of hydrazone groups is 1. The third-order valence-electron chi connectivity index (χ3n) is 4.29. The summed E-state index contributed by atoms with van der Waals surface area (Å²) in [6, 6.07) is 14.1. The molecule has 1 N–H and O–H groups in total. The predicted octanol–water partition coefficient (Wildman–Crippen LogP) is 5.90. The van der Waals surface area contributed by atoms with E-state index in [4.69, 9.17) is 23.2 Å². The van der Waals surface area contributed by atoms with Crippen molar-refractivity contribution in [3.63, 3.8) is 0 Å². The van der Waals surface area contributed by atoms with Gasteiger partial charge in [-0.15, -0.1) is 11.8 Å². The largest absolute Gasteiger partial charge is 0.506 e. The van der Waals surface area contributed by atoms with Gasteiger partial charge in [-0.25, -0.2) is 0 Å². The Balaban J connectivity index is 1.68. The Morgan fingerprint density at radius 1 is 1.10 bits per heavy atom. The molecule has 0 spiro atoms. The number of benzene rings is 2. The van der Waals surface area contributed by atoms with Gasteiger partial charge in [0.25, 0.3) is 5.91 Å². The zero-order valence-corrected chi connectivity index (χ0v) is 17.8. The number of amides is 1. The van der Waals surface area contributed by atoms with Gasteiger partial charge in [-0.2, -0.15) is 10.1 Å². The third-order valence-corrected chi connectivity index (χ3v) is 5.79. The Hall–Kier alpha value is -2.91. The topological polar surface area (TPSA) is 52.9 Å². The predicted molar refractivity (Wildman–Crippen MR) is 124 cm³/mol. The smallest absolute Gasteiger partial charge is 0.280 e. The number of carbonyl (C=O) groups is 1. The van der Waals surface area contributed by atoms with Gasteiger partial charge in [0, 0.05) is 5.75 Å². The van der Waals surface area contributed by atoms with Crippen LogP contribution in [0, 0.1) is 0 Å². The molecule has 2 aliphatic rings. The molecule has 2 aromatic carbocycles. The molecule has 1 aliphatic carbocycles. The Morgan fingerprint density at radius 3 is 2.60 bits per heavy atom. The number of thioether (sulfide) groups is 1. The molecule has 0 saturated heterocycles. The van der Waals surface area contributed by atoms with Crippen LogP contribution in [0.2, 0.25) is 5.02 Å². The maximum atomic E-state index is 13.1. The fourth-order valence-electron chi connectivity index (χ4n) is 2.82. The minimum absolute atomic E-state index is 0.0458. The Bertz CT molecular complexity index is 1220. The summed E-state index contributed by atoms with van der Waals surface area (Å²) in [6.07, 6.45) is 5.29. The van der Waals surface area contributed by atoms with E-state index < -0.39 is 0 Å². The van der Waals surface area contributed by atoms with Crippen LogP contribution in [0.5, 0.6) is 5.75 Å². The number of hydrogen-bond donors (Lipinski definition) is 1. The standard InChI is InChI=1S/C23H14Cl2N2O2S/c24-16-7-9-18(10-8-16)30-14-21-19(12-15-6-11-20(25)22(28)13-15)23(29)27(26-21)17-4-2-1-3-5-17/h1-7,9,11-13,28H,14H2/b19-12+. The molecule has 0 radical (unpaired) electrons. The van der Waals surface area contributed by atoms with Crippen LogP contribution < -0.4 is 5.01 Å². The molecular weight excluding hydrogens is 439 g/mol. The van der Waals surface area contributed by atoms with E-state index in [1.54, 1.807) is 24.3 Å². The molecule has 0 saturated carbocycles. The highest BCUT2D eigenvalue weighted by atomic mass is 35.5. The molecule has 1 aliphatic heterocycles. The molecule has 0 aromatic heterocycles.